The van der Waals surface area contributed by atoms with Gasteiger partial charge in [-0.15, -0.1) is 0 Å². The van der Waals surface area contributed by atoms with Gasteiger partial charge in [0.1, 0.15) is 12.3 Å². The molecule has 234 valence electrons. The van der Waals surface area contributed by atoms with Crippen molar-refractivity contribution in [2.45, 2.75) is 120 Å². The quantitative estimate of drug-likeness (QED) is 0.338. The predicted molar refractivity (Wildman–Crippen MR) is 153 cm³/mol. The van der Waals surface area contributed by atoms with Crippen LogP contribution in [0, 0.1) is 35.0 Å². The van der Waals surface area contributed by atoms with Crippen molar-refractivity contribution >= 4 is 11.9 Å². The third-order valence-corrected chi connectivity index (χ3v) is 11.1. The fourth-order valence-electron chi connectivity index (χ4n) is 9.14. The van der Waals surface area contributed by atoms with Crippen LogP contribution in [0.3, 0.4) is 0 Å². The number of nitrogens with zero attached hydrogens (tertiary/aromatic N) is 3. The number of hydrogen-bond acceptors (Lipinski definition) is 7. The fraction of sp³-hybridized carbons (Fsp3) is 0.900. The number of fused-ring (bicyclic) bond motifs is 5. The SMILES string of the molecule is CC(C)C1NCCC2CCC(=O)NC3CCCC(F)C3C3NC4C(CC3F)C(N3CCN[C@@H](CC#N)C3)NC(=O)N4C21. The molecule has 42 heavy (non-hydrogen) atoms. The van der Waals surface area contributed by atoms with E-state index in [1.807, 2.05) is 4.90 Å². The first kappa shape index (κ1) is 30.0. The Balaban J connectivity index is 1.40. The van der Waals surface area contributed by atoms with Gasteiger partial charge in [-0.2, -0.15) is 5.26 Å². The van der Waals surface area contributed by atoms with Crippen molar-refractivity contribution in [3.63, 3.8) is 0 Å². The summed E-state index contributed by atoms with van der Waals surface area (Å²) >= 11 is 0. The van der Waals surface area contributed by atoms with Crippen molar-refractivity contribution in [3.8, 4) is 6.07 Å². The van der Waals surface area contributed by atoms with E-state index in [0.29, 0.717) is 58.2 Å². The zero-order chi connectivity index (χ0) is 29.5. The number of halogens is 2. The number of nitriles is 1. The summed E-state index contributed by atoms with van der Waals surface area (Å²) in [6, 6.07) is 0.621. The number of urea groups is 1. The highest BCUT2D eigenvalue weighted by Crippen LogP contribution is 2.42. The molecule has 0 aromatic rings. The largest absolute Gasteiger partial charge is 0.353 e. The van der Waals surface area contributed by atoms with Crippen LogP contribution in [0.25, 0.3) is 0 Å². The van der Waals surface area contributed by atoms with Crippen LogP contribution in [0.4, 0.5) is 13.6 Å². The Labute approximate surface area is 248 Å². The minimum Gasteiger partial charge on any atom is -0.353 e. The molecular formula is C30H48F2N8O2. The summed E-state index contributed by atoms with van der Waals surface area (Å²) in [7, 11) is 0. The van der Waals surface area contributed by atoms with Crippen LogP contribution in [0.15, 0.2) is 0 Å². The van der Waals surface area contributed by atoms with Gasteiger partial charge in [0, 0.05) is 62.1 Å². The molecule has 6 rings (SSSR count). The van der Waals surface area contributed by atoms with Gasteiger partial charge in [0.05, 0.1) is 30.9 Å². The molecule has 1 aliphatic carbocycles. The molecule has 5 saturated heterocycles. The first-order chi connectivity index (χ1) is 20.3. The molecule has 0 aromatic carbocycles. The zero-order valence-electron chi connectivity index (χ0n) is 24.9. The summed E-state index contributed by atoms with van der Waals surface area (Å²) in [4.78, 5) is 31.6. The Morgan fingerprint density at radius 1 is 1.02 bits per heavy atom. The van der Waals surface area contributed by atoms with Crippen molar-refractivity contribution in [2.75, 3.05) is 26.2 Å². The average molecular weight is 591 g/mol. The van der Waals surface area contributed by atoms with Crippen LogP contribution in [0.1, 0.15) is 65.2 Å². The highest BCUT2D eigenvalue weighted by atomic mass is 19.1. The summed E-state index contributed by atoms with van der Waals surface area (Å²) in [5, 5.41) is 26.3. The van der Waals surface area contributed by atoms with Crippen molar-refractivity contribution in [1.82, 2.24) is 36.4 Å². The van der Waals surface area contributed by atoms with Gasteiger partial charge in [-0.3, -0.25) is 15.0 Å². The summed E-state index contributed by atoms with van der Waals surface area (Å²) < 4.78 is 32.1. The highest BCUT2D eigenvalue weighted by molar-refractivity contribution is 5.77. The minimum atomic E-state index is -1.33. The molecule has 5 aliphatic heterocycles. The van der Waals surface area contributed by atoms with E-state index in [1.165, 1.54) is 0 Å². The second kappa shape index (κ2) is 12.5. The van der Waals surface area contributed by atoms with Gasteiger partial charge in [-0.05, 0) is 56.9 Å². The molecule has 6 fully saturated rings. The van der Waals surface area contributed by atoms with E-state index in [4.69, 9.17) is 0 Å². The molecule has 0 radical (unpaired) electrons. The minimum absolute atomic E-state index is 0.0107. The molecule has 10 nitrogen and oxygen atoms in total. The fourth-order valence-corrected chi connectivity index (χ4v) is 9.14. The second-order valence-electron chi connectivity index (χ2n) is 13.9. The summed E-state index contributed by atoms with van der Waals surface area (Å²) in [6.45, 7) is 7.07. The summed E-state index contributed by atoms with van der Waals surface area (Å²) in [6.07, 6.45) is 0.591. The lowest BCUT2D eigenvalue weighted by Gasteiger charge is -2.60. The van der Waals surface area contributed by atoms with Crippen LogP contribution in [0.5, 0.6) is 0 Å². The third kappa shape index (κ3) is 5.62. The molecule has 0 spiro atoms. The first-order valence-corrected chi connectivity index (χ1v) is 16.3. The van der Waals surface area contributed by atoms with E-state index in [-0.39, 0.29) is 54.2 Å². The Bertz CT molecular complexity index is 1040. The van der Waals surface area contributed by atoms with E-state index in [1.54, 1.807) is 0 Å². The molecule has 3 amide bonds. The van der Waals surface area contributed by atoms with Crippen LogP contribution < -0.4 is 26.6 Å². The smallest absolute Gasteiger partial charge is 0.320 e. The molecule has 5 heterocycles. The molecule has 5 N–H and O–H groups in total. The van der Waals surface area contributed by atoms with Gasteiger partial charge in [0.15, 0.2) is 0 Å². The van der Waals surface area contributed by atoms with E-state index >= 15 is 8.78 Å². The first-order valence-electron chi connectivity index (χ1n) is 16.3. The lowest BCUT2D eigenvalue weighted by Crippen LogP contribution is -2.80. The van der Waals surface area contributed by atoms with Crippen LogP contribution in [-0.2, 0) is 4.79 Å². The van der Waals surface area contributed by atoms with Crippen molar-refractivity contribution in [3.05, 3.63) is 0 Å². The van der Waals surface area contributed by atoms with Gasteiger partial charge in [0.2, 0.25) is 5.91 Å². The monoisotopic (exact) mass is 590 g/mol. The number of rotatable bonds is 3. The maximum atomic E-state index is 16.4. The van der Waals surface area contributed by atoms with Crippen LogP contribution in [-0.4, -0.2) is 103 Å². The average Bonchev–Trinajstić information content (AvgIpc) is 2.96. The number of alkyl halides is 2. The molecule has 12 heteroatoms. The molecular weight excluding hydrogens is 542 g/mol. The van der Waals surface area contributed by atoms with Crippen molar-refractivity contribution in [2.24, 2.45) is 23.7 Å². The van der Waals surface area contributed by atoms with Crippen LogP contribution >= 0.6 is 0 Å². The second-order valence-corrected chi connectivity index (χ2v) is 13.9. The summed E-state index contributed by atoms with van der Waals surface area (Å²) in [5.74, 6) is -0.723. The van der Waals surface area contributed by atoms with E-state index in [2.05, 4.69) is 51.4 Å². The highest BCUT2D eigenvalue weighted by Gasteiger charge is 2.57. The van der Waals surface area contributed by atoms with Gasteiger partial charge >= 0.3 is 6.03 Å². The van der Waals surface area contributed by atoms with Crippen molar-refractivity contribution < 1.29 is 18.4 Å². The molecule has 12 atom stereocenters. The lowest BCUT2D eigenvalue weighted by molar-refractivity contribution is -0.125. The van der Waals surface area contributed by atoms with E-state index < -0.39 is 42.7 Å². The predicted octanol–water partition coefficient (Wildman–Crippen LogP) is 1.59. The van der Waals surface area contributed by atoms with Gasteiger partial charge < -0.3 is 26.2 Å². The normalized spacial score (nSPS) is 44.9. The number of piperazine rings is 1. The Morgan fingerprint density at radius 2 is 1.86 bits per heavy atom. The molecule has 1 saturated carbocycles. The number of hydrogen-bond donors (Lipinski definition) is 5. The maximum absolute atomic E-state index is 16.4. The third-order valence-electron chi connectivity index (χ3n) is 11.1. The van der Waals surface area contributed by atoms with E-state index in [9.17, 15) is 14.9 Å². The number of carbonyl (C=O) groups excluding carboxylic acids is 2. The standard InChI is InChI=1S/C30H48F2N8O2/c1-16(2)25-27-17(9-11-35-25)6-7-23(41)36-22-5-3-4-20(31)24(22)26-21(32)14-19-28(38-30(42)40(27)29(19)37-26)39-13-12-34-18(15-39)8-10-33/h16-22,24-29,34-35,37H,3-9,11-15H2,1-2H3,(H,36,41)(H,38,42)/t17?,18-,19?,20?,21?,22?,24?,25?,26?,27?,28?,29?/m0/s1. The van der Waals surface area contributed by atoms with Gasteiger partial charge in [-0.25, -0.2) is 13.6 Å². The maximum Gasteiger partial charge on any atom is 0.320 e. The van der Waals surface area contributed by atoms with Crippen LogP contribution in [0.2, 0.25) is 0 Å². The zero-order valence-corrected chi connectivity index (χ0v) is 24.9. The number of piperidine rings is 2. The number of amides is 3. The Hall–Kier alpha value is -2.07. The molecule has 0 aromatic heterocycles. The number of nitrogens with one attached hydrogen (secondary N) is 5. The lowest BCUT2D eigenvalue weighted by atomic mass is 9.71. The van der Waals surface area contributed by atoms with Gasteiger partial charge in [0.25, 0.3) is 0 Å². The van der Waals surface area contributed by atoms with Gasteiger partial charge in [-0.1, -0.05) is 13.8 Å². The Kier molecular flexibility index (Phi) is 8.92. The van der Waals surface area contributed by atoms with Crippen molar-refractivity contribution in [1.29, 1.82) is 5.26 Å². The summed E-state index contributed by atoms with van der Waals surface area (Å²) in [5.41, 5.74) is 0. The molecule has 2 bridgehead atoms. The topological polar surface area (TPSA) is 125 Å². The Morgan fingerprint density at radius 3 is 2.64 bits per heavy atom. The number of carbonyl (C=O) groups is 2. The van der Waals surface area contributed by atoms with E-state index in [0.717, 1.165) is 13.0 Å². The molecule has 11 unspecified atom stereocenters. The molecule has 6 aliphatic rings.